The van der Waals surface area contributed by atoms with Crippen LogP contribution in [0.25, 0.3) is 0 Å². The van der Waals surface area contributed by atoms with Gasteiger partial charge in [0.15, 0.2) is 17.1 Å². The molecular weight excluding hydrogens is 452 g/mol. The molecule has 0 unspecified atom stereocenters. The highest BCUT2D eigenvalue weighted by Crippen LogP contribution is 2.37. The minimum absolute atomic E-state index is 0.0239. The maximum Gasteiger partial charge on any atom is 0.281 e. The van der Waals surface area contributed by atoms with Gasteiger partial charge >= 0.3 is 0 Å². The van der Waals surface area contributed by atoms with Crippen molar-refractivity contribution in [1.82, 2.24) is 5.43 Å². The molecule has 0 bridgehead atoms. The van der Waals surface area contributed by atoms with E-state index in [0.717, 1.165) is 6.42 Å². The zero-order valence-electron chi connectivity index (χ0n) is 19.5. The van der Waals surface area contributed by atoms with E-state index >= 15 is 0 Å². The van der Waals surface area contributed by atoms with Crippen molar-refractivity contribution < 1.29 is 19.4 Å². The van der Waals surface area contributed by atoms with Gasteiger partial charge in [0, 0.05) is 0 Å². The summed E-state index contributed by atoms with van der Waals surface area (Å²) in [5.74, 6) is 0.281. The average Bonchev–Trinajstić information content (AvgIpc) is 2.86. The van der Waals surface area contributed by atoms with Crippen molar-refractivity contribution in [2.75, 3.05) is 6.61 Å². The number of benzene rings is 3. The van der Waals surface area contributed by atoms with Gasteiger partial charge in [-0.3, -0.25) is 4.79 Å². The molecule has 2 N–H and O–H groups in total. The van der Waals surface area contributed by atoms with E-state index in [4.69, 9.17) is 21.1 Å². The van der Waals surface area contributed by atoms with Gasteiger partial charge in [-0.15, -0.1) is 0 Å². The number of rotatable bonds is 10. The van der Waals surface area contributed by atoms with E-state index < -0.39 is 11.5 Å². The molecule has 0 spiro atoms. The number of hydrazone groups is 1. The van der Waals surface area contributed by atoms with Gasteiger partial charge in [0.25, 0.3) is 5.91 Å². The lowest BCUT2D eigenvalue weighted by Crippen LogP contribution is -2.43. The molecule has 0 saturated heterocycles. The summed E-state index contributed by atoms with van der Waals surface area (Å²) in [5, 5.41) is 15.9. The lowest BCUT2D eigenvalue weighted by Gasteiger charge is -2.27. The summed E-state index contributed by atoms with van der Waals surface area (Å²) in [6.07, 6.45) is 2.24. The van der Waals surface area contributed by atoms with Gasteiger partial charge in [-0.2, -0.15) is 5.10 Å². The van der Waals surface area contributed by atoms with Crippen LogP contribution in [-0.4, -0.2) is 29.9 Å². The number of nitrogens with one attached hydrogen (secondary N) is 1. The van der Waals surface area contributed by atoms with Crippen LogP contribution in [0.3, 0.4) is 0 Å². The topological polar surface area (TPSA) is 80.2 Å². The Labute approximate surface area is 205 Å². The molecular formula is C27H29ClN2O4. The van der Waals surface area contributed by atoms with Gasteiger partial charge in [0.2, 0.25) is 0 Å². The minimum Gasteiger partial charge on any atom is -0.490 e. The number of nitrogens with zero attached hydrogens (tertiary/aromatic N) is 1. The van der Waals surface area contributed by atoms with Gasteiger partial charge in [-0.25, -0.2) is 5.43 Å². The Kier molecular flexibility index (Phi) is 8.68. The zero-order valence-corrected chi connectivity index (χ0v) is 20.3. The predicted octanol–water partition coefficient (Wildman–Crippen LogP) is 5.30. The summed E-state index contributed by atoms with van der Waals surface area (Å²) >= 11 is 6.45. The fourth-order valence-corrected chi connectivity index (χ4v) is 3.62. The van der Waals surface area contributed by atoms with E-state index in [0.29, 0.717) is 39.8 Å². The standard InChI is InChI=1S/C27H29ClN2O4/c1-4-19(3)34-25-23(28)16-20(17-24(25)33-5-2)18-29-30-26(31)27(32,21-12-8-6-9-13-21)22-14-10-7-11-15-22/h6-19,32H,4-5H2,1-3H3,(H,30,31)/b29-18-/t19-/m0/s1. The fourth-order valence-electron chi connectivity index (χ4n) is 3.36. The van der Waals surface area contributed by atoms with E-state index in [1.54, 1.807) is 60.7 Å². The molecule has 0 aliphatic heterocycles. The Morgan fingerprint density at radius 3 is 2.21 bits per heavy atom. The van der Waals surface area contributed by atoms with Gasteiger partial charge < -0.3 is 14.6 Å². The molecule has 0 aromatic heterocycles. The second-order valence-corrected chi connectivity index (χ2v) is 8.15. The molecule has 3 rings (SSSR count). The van der Waals surface area contributed by atoms with Crippen LogP contribution in [0.1, 0.15) is 43.9 Å². The highest BCUT2D eigenvalue weighted by molar-refractivity contribution is 6.32. The Bertz CT molecular complexity index is 1080. The first kappa shape index (κ1) is 25.3. The highest BCUT2D eigenvalue weighted by atomic mass is 35.5. The lowest BCUT2D eigenvalue weighted by molar-refractivity contribution is -0.136. The van der Waals surface area contributed by atoms with Crippen molar-refractivity contribution >= 4 is 23.7 Å². The van der Waals surface area contributed by atoms with Crippen molar-refractivity contribution in [2.45, 2.75) is 38.9 Å². The van der Waals surface area contributed by atoms with Gasteiger partial charge in [-0.05, 0) is 49.1 Å². The number of ether oxygens (including phenoxy) is 2. The number of halogens is 1. The fraction of sp³-hybridized carbons (Fsp3) is 0.259. The molecule has 0 saturated carbocycles. The molecule has 178 valence electrons. The van der Waals surface area contributed by atoms with Crippen molar-refractivity contribution in [3.63, 3.8) is 0 Å². The molecule has 3 aromatic carbocycles. The molecule has 6 nitrogen and oxygen atoms in total. The molecule has 0 aliphatic rings. The zero-order chi connectivity index (χ0) is 24.6. The molecule has 7 heteroatoms. The lowest BCUT2D eigenvalue weighted by atomic mass is 9.85. The summed E-state index contributed by atoms with van der Waals surface area (Å²) in [5.41, 5.74) is 2.02. The summed E-state index contributed by atoms with van der Waals surface area (Å²) in [6, 6.07) is 20.9. The molecule has 0 fully saturated rings. The summed E-state index contributed by atoms with van der Waals surface area (Å²) < 4.78 is 11.6. The predicted molar refractivity (Wildman–Crippen MR) is 135 cm³/mol. The monoisotopic (exact) mass is 480 g/mol. The maximum absolute atomic E-state index is 13.2. The Morgan fingerprint density at radius 1 is 1.09 bits per heavy atom. The first-order chi connectivity index (χ1) is 16.4. The van der Waals surface area contributed by atoms with Crippen molar-refractivity contribution in [1.29, 1.82) is 0 Å². The number of aliphatic hydroxyl groups is 1. The van der Waals surface area contributed by atoms with Crippen LogP contribution in [0.5, 0.6) is 11.5 Å². The van der Waals surface area contributed by atoms with Crippen LogP contribution < -0.4 is 14.9 Å². The van der Waals surface area contributed by atoms with Crippen LogP contribution in [-0.2, 0) is 10.4 Å². The Morgan fingerprint density at radius 2 is 1.68 bits per heavy atom. The third-order valence-electron chi connectivity index (χ3n) is 5.32. The first-order valence-electron chi connectivity index (χ1n) is 11.2. The third-order valence-corrected chi connectivity index (χ3v) is 5.60. The molecule has 1 amide bonds. The SMILES string of the molecule is CCOc1cc(/C=N\NC(=O)C(O)(c2ccccc2)c2ccccc2)cc(Cl)c1O[C@@H](C)CC. The molecule has 0 heterocycles. The minimum atomic E-state index is -1.91. The summed E-state index contributed by atoms with van der Waals surface area (Å²) in [7, 11) is 0. The quantitative estimate of drug-likeness (QED) is 0.305. The Balaban J connectivity index is 1.86. The largest absolute Gasteiger partial charge is 0.490 e. The second kappa shape index (κ2) is 11.7. The number of carbonyl (C=O) groups is 1. The van der Waals surface area contributed by atoms with Crippen LogP contribution in [0, 0.1) is 0 Å². The van der Waals surface area contributed by atoms with Gasteiger partial charge in [0.05, 0.1) is 23.9 Å². The van der Waals surface area contributed by atoms with Gasteiger partial charge in [0.1, 0.15) is 0 Å². The second-order valence-electron chi connectivity index (χ2n) is 7.74. The highest BCUT2D eigenvalue weighted by Gasteiger charge is 2.39. The van der Waals surface area contributed by atoms with Crippen LogP contribution in [0.2, 0.25) is 5.02 Å². The molecule has 1 atom stereocenters. The number of hydrogen-bond donors (Lipinski definition) is 2. The molecule has 0 radical (unpaired) electrons. The summed E-state index contributed by atoms with van der Waals surface area (Å²) in [4.78, 5) is 13.2. The number of hydrogen-bond acceptors (Lipinski definition) is 5. The van der Waals surface area contributed by atoms with Crippen molar-refractivity contribution in [2.24, 2.45) is 5.10 Å². The molecule has 3 aromatic rings. The Hall–Kier alpha value is -3.35. The van der Waals surface area contributed by atoms with Crippen LogP contribution in [0.4, 0.5) is 0 Å². The van der Waals surface area contributed by atoms with Crippen LogP contribution >= 0.6 is 11.6 Å². The van der Waals surface area contributed by atoms with E-state index in [2.05, 4.69) is 10.5 Å². The van der Waals surface area contributed by atoms with E-state index in [1.165, 1.54) is 6.21 Å². The number of carbonyl (C=O) groups excluding carboxylic acids is 1. The molecule has 0 aliphatic carbocycles. The first-order valence-corrected chi connectivity index (χ1v) is 11.6. The normalized spacial score (nSPS) is 12.4. The van der Waals surface area contributed by atoms with E-state index in [9.17, 15) is 9.90 Å². The summed E-state index contributed by atoms with van der Waals surface area (Å²) in [6.45, 7) is 6.29. The van der Waals surface area contributed by atoms with Crippen molar-refractivity contribution in [3.8, 4) is 11.5 Å². The number of amides is 1. The van der Waals surface area contributed by atoms with E-state index in [-0.39, 0.29) is 6.10 Å². The third kappa shape index (κ3) is 5.76. The smallest absolute Gasteiger partial charge is 0.281 e. The average molecular weight is 481 g/mol. The van der Waals surface area contributed by atoms with E-state index in [1.807, 2.05) is 32.9 Å². The van der Waals surface area contributed by atoms with Crippen molar-refractivity contribution in [3.05, 3.63) is 94.5 Å². The van der Waals surface area contributed by atoms with Crippen LogP contribution in [0.15, 0.2) is 77.9 Å². The molecule has 34 heavy (non-hydrogen) atoms. The maximum atomic E-state index is 13.2. The van der Waals surface area contributed by atoms with Gasteiger partial charge in [-0.1, -0.05) is 79.2 Å².